The minimum atomic E-state index is -0.339. The fourth-order valence-electron chi connectivity index (χ4n) is 3.90. The van der Waals surface area contributed by atoms with Crippen molar-refractivity contribution in [2.24, 2.45) is 5.92 Å². The Balaban J connectivity index is 1.49. The maximum atomic E-state index is 12.9. The van der Waals surface area contributed by atoms with Crippen LogP contribution in [-0.2, 0) is 11.3 Å². The Morgan fingerprint density at radius 1 is 1.14 bits per heavy atom. The number of nitrogens with one attached hydrogen (secondary N) is 2. The molecule has 10 nitrogen and oxygen atoms in total. The number of carbonyl (C=O) groups is 2. The second-order valence-corrected chi connectivity index (χ2v) is 9.26. The predicted molar refractivity (Wildman–Crippen MR) is 136 cm³/mol. The number of likely N-dealkylation sites (N-methyl/N-ethyl adjacent to an activating group) is 1. The molecule has 35 heavy (non-hydrogen) atoms. The van der Waals surface area contributed by atoms with Gasteiger partial charge in [-0.05, 0) is 31.2 Å². The molecule has 0 atom stereocenters. The molecule has 2 aromatic heterocycles. The van der Waals surface area contributed by atoms with E-state index in [0.29, 0.717) is 34.4 Å². The number of carbonyl (C=O) groups excluding carboxylic acids is 2. The summed E-state index contributed by atoms with van der Waals surface area (Å²) in [5.74, 6) is 1.30. The molecule has 3 aromatic rings. The smallest absolute Gasteiger partial charge is 0.274 e. The lowest BCUT2D eigenvalue weighted by Gasteiger charge is -2.32. The number of aromatic nitrogens is 3. The summed E-state index contributed by atoms with van der Waals surface area (Å²) in [6, 6.07) is 8.87. The van der Waals surface area contributed by atoms with Crippen molar-refractivity contribution in [3.05, 3.63) is 42.2 Å². The van der Waals surface area contributed by atoms with E-state index in [0.717, 1.165) is 38.1 Å². The summed E-state index contributed by atoms with van der Waals surface area (Å²) in [7, 11) is 3.60. The molecule has 4 rings (SSSR count). The van der Waals surface area contributed by atoms with E-state index in [2.05, 4.69) is 46.5 Å². The molecule has 1 fully saturated rings. The van der Waals surface area contributed by atoms with Crippen molar-refractivity contribution in [2.45, 2.75) is 20.4 Å². The summed E-state index contributed by atoms with van der Waals surface area (Å²) in [5, 5.41) is 11.5. The first-order valence-electron chi connectivity index (χ1n) is 11.9. The van der Waals surface area contributed by atoms with Gasteiger partial charge in [0.25, 0.3) is 5.91 Å². The lowest BCUT2D eigenvalue weighted by atomic mass is 10.2. The van der Waals surface area contributed by atoms with Crippen LogP contribution in [0.3, 0.4) is 0 Å². The number of anilines is 2. The first-order chi connectivity index (χ1) is 16.8. The molecule has 0 aliphatic carbocycles. The minimum absolute atomic E-state index is 0.0448. The zero-order valence-electron chi connectivity index (χ0n) is 20.7. The van der Waals surface area contributed by atoms with Crippen molar-refractivity contribution in [1.82, 2.24) is 24.6 Å². The molecular weight excluding hydrogens is 446 g/mol. The van der Waals surface area contributed by atoms with Crippen molar-refractivity contribution in [3.8, 4) is 5.75 Å². The molecule has 3 heterocycles. The van der Waals surface area contributed by atoms with Crippen LogP contribution in [-0.4, -0.2) is 83.3 Å². The summed E-state index contributed by atoms with van der Waals surface area (Å²) in [6.45, 7) is 8.35. The molecule has 0 radical (unpaired) electrons. The van der Waals surface area contributed by atoms with Gasteiger partial charge >= 0.3 is 0 Å². The molecular formula is C25H33N7O3. The zero-order chi connectivity index (χ0) is 24.9. The third-order valence-electron chi connectivity index (χ3n) is 5.95. The van der Waals surface area contributed by atoms with Gasteiger partial charge in [-0.1, -0.05) is 19.9 Å². The van der Waals surface area contributed by atoms with Crippen LogP contribution in [0.4, 0.5) is 11.5 Å². The average molecular weight is 480 g/mol. The second-order valence-electron chi connectivity index (χ2n) is 9.26. The van der Waals surface area contributed by atoms with E-state index in [1.165, 1.54) is 0 Å². The van der Waals surface area contributed by atoms with Crippen molar-refractivity contribution in [1.29, 1.82) is 0 Å². The summed E-state index contributed by atoms with van der Waals surface area (Å²) >= 11 is 0. The van der Waals surface area contributed by atoms with E-state index >= 15 is 0 Å². The second kappa shape index (κ2) is 10.7. The summed E-state index contributed by atoms with van der Waals surface area (Å²) in [6.07, 6.45) is 1.81. The SMILES string of the molecule is COc1cc2nn(CC(=O)N3CCN(C)CC3)cc2cc1NC(=O)c1cccc(NCC(C)C)n1. The van der Waals surface area contributed by atoms with Crippen LogP contribution in [0.1, 0.15) is 24.3 Å². The number of hydrogen-bond donors (Lipinski definition) is 2. The van der Waals surface area contributed by atoms with Crippen LogP contribution in [0, 0.1) is 5.92 Å². The van der Waals surface area contributed by atoms with E-state index in [1.54, 1.807) is 36.1 Å². The molecule has 0 saturated carbocycles. The molecule has 1 aliphatic rings. The number of ether oxygens (including phenoxy) is 1. The molecule has 0 unspecified atom stereocenters. The highest BCUT2D eigenvalue weighted by atomic mass is 16.5. The number of nitrogens with zero attached hydrogens (tertiary/aromatic N) is 5. The number of rotatable bonds is 8. The summed E-state index contributed by atoms with van der Waals surface area (Å²) in [5.41, 5.74) is 1.50. The number of benzene rings is 1. The molecule has 2 amide bonds. The van der Waals surface area contributed by atoms with Gasteiger partial charge in [0.05, 0.1) is 18.3 Å². The maximum absolute atomic E-state index is 12.9. The van der Waals surface area contributed by atoms with Crippen LogP contribution in [0.25, 0.3) is 10.9 Å². The Labute approximate surface area is 205 Å². The molecule has 10 heteroatoms. The highest BCUT2D eigenvalue weighted by Gasteiger charge is 2.20. The van der Waals surface area contributed by atoms with E-state index < -0.39 is 0 Å². The lowest BCUT2D eigenvalue weighted by molar-refractivity contribution is -0.133. The normalized spacial score (nSPS) is 14.4. The van der Waals surface area contributed by atoms with Gasteiger partial charge in [0.2, 0.25) is 5.91 Å². The monoisotopic (exact) mass is 479 g/mol. The van der Waals surface area contributed by atoms with Gasteiger partial charge in [-0.3, -0.25) is 14.3 Å². The Hall–Kier alpha value is -3.66. The van der Waals surface area contributed by atoms with E-state index in [4.69, 9.17) is 4.74 Å². The van der Waals surface area contributed by atoms with Gasteiger partial charge in [-0.25, -0.2) is 4.98 Å². The van der Waals surface area contributed by atoms with Crippen molar-refractivity contribution in [3.63, 3.8) is 0 Å². The highest BCUT2D eigenvalue weighted by molar-refractivity contribution is 6.05. The van der Waals surface area contributed by atoms with Gasteiger partial charge in [0.15, 0.2) is 0 Å². The van der Waals surface area contributed by atoms with Crippen LogP contribution in [0.15, 0.2) is 36.5 Å². The highest BCUT2D eigenvalue weighted by Crippen LogP contribution is 2.30. The predicted octanol–water partition coefficient (Wildman–Crippen LogP) is 2.53. The molecule has 0 bridgehead atoms. The standard InChI is InChI=1S/C25H33N7O3/c1-17(2)14-26-23-7-5-6-19(27-23)25(34)28-21-12-18-15-32(29-20(18)13-22(21)35-4)16-24(33)31-10-8-30(3)9-11-31/h5-7,12-13,15,17H,8-11,14,16H2,1-4H3,(H,26,27)(H,28,34). The number of methoxy groups -OCH3 is 1. The third-order valence-corrected chi connectivity index (χ3v) is 5.95. The van der Waals surface area contributed by atoms with E-state index in [9.17, 15) is 9.59 Å². The van der Waals surface area contributed by atoms with Gasteiger partial charge < -0.3 is 25.2 Å². The lowest BCUT2D eigenvalue weighted by Crippen LogP contribution is -2.48. The molecule has 1 aliphatic heterocycles. The fraction of sp³-hybridized carbons (Fsp3) is 0.440. The average Bonchev–Trinajstić information content (AvgIpc) is 3.23. The Bertz CT molecular complexity index is 1200. The van der Waals surface area contributed by atoms with Crippen LogP contribution < -0.4 is 15.4 Å². The van der Waals surface area contributed by atoms with Crippen LogP contribution in [0.5, 0.6) is 5.75 Å². The van der Waals surface area contributed by atoms with E-state index in [1.807, 2.05) is 17.2 Å². The zero-order valence-corrected chi connectivity index (χ0v) is 20.7. The molecule has 1 aromatic carbocycles. The number of pyridine rings is 1. The molecule has 186 valence electrons. The van der Waals surface area contributed by atoms with Crippen LogP contribution in [0.2, 0.25) is 0 Å². The molecule has 2 N–H and O–H groups in total. The number of fused-ring (bicyclic) bond motifs is 1. The Morgan fingerprint density at radius 3 is 2.63 bits per heavy atom. The fourth-order valence-corrected chi connectivity index (χ4v) is 3.90. The minimum Gasteiger partial charge on any atom is -0.494 e. The third kappa shape index (κ3) is 6.07. The number of piperazine rings is 1. The van der Waals surface area contributed by atoms with Crippen molar-refractivity contribution in [2.75, 3.05) is 57.5 Å². The van der Waals surface area contributed by atoms with E-state index in [-0.39, 0.29) is 18.4 Å². The Kier molecular flexibility index (Phi) is 7.50. The topological polar surface area (TPSA) is 105 Å². The van der Waals surface area contributed by atoms with Gasteiger partial charge in [0.1, 0.15) is 23.8 Å². The molecule has 1 saturated heterocycles. The maximum Gasteiger partial charge on any atom is 0.274 e. The Morgan fingerprint density at radius 2 is 1.91 bits per heavy atom. The largest absolute Gasteiger partial charge is 0.494 e. The summed E-state index contributed by atoms with van der Waals surface area (Å²) < 4.78 is 7.14. The van der Waals surface area contributed by atoms with Crippen molar-refractivity contribution < 1.29 is 14.3 Å². The number of hydrogen-bond acceptors (Lipinski definition) is 7. The van der Waals surface area contributed by atoms with Crippen LogP contribution >= 0.6 is 0 Å². The first-order valence-corrected chi connectivity index (χ1v) is 11.9. The quantitative estimate of drug-likeness (QED) is 0.512. The molecule has 0 spiro atoms. The van der Waals surface area contributed by atoms with Gasteiger partial charge in [0, 0.05) is 50.4 Å². The van der Waals surface area contributed by atoms with Gasteiger partial charge in [-0.2, -0.15) is 5.10 Å². The summed E-state index contributed by atoms with van der Waals surface area (Å²) in [4.78, 5) is 34.1. The first kappa shape index (κ1) is 24.5. The number of amides is 2. The van der Waals surface area contributed by atoms with Gasteiger partial charge in [-0.15, -0.1) is 0 Å². The van der Waals surface area contributed by atoms with Crippen molar-refractivity contribution >= 4 is 34.2 Å².